The number of nitrogens with one attached hydrogen (secondary N) is 1. The van der Waals surface area contributed by atoms with Gasteiger partial charge in [0.1, 0.15) is 23.7 Å². The monoisotopic (exact) mass is 390 g/mol. The van der Waals surface area contributed by atoms with E-state index >= 15 is 0 Å². The van der Waals surface area contributed by atoms with Crippen LogP contribution < -0.4 is 10.6 Å². The van der Waals surface area contributed by atoms with E-state index in [1.165, 1.54) is 30.2 Å². The molecule has 0 bridgehead atoms. The fraction of sp³-hybridized carbons (Fsp3) is 0.550. The molecule has 4 atom stereocenters. The summed E-state index contributed by atoms with van der Waals surface area (Å²) in [5.74, 6) is -2.63. The molecule has 0 aliphatic carbocycles. The van der Waals surface area contributed by atoms with Crippen LogP contribution in [0.3, 0.4) is 0 Å². The van der Waals surface area contributed by atoms with Gasteiger partial charge in [-0.15, -0.1) is 0 Å². The van der Waals surface area contributed by atoms with Crippen LogP contribution in [0, 0.1) is 23.6 Å². The summed E-state index contributed by atoms with van der Waals surface area (Å²) in [6.07, 6.45) is 0.679. The van der Waals surface area contributed by atoms with E-state index < -0.39 is 23.2 Å². The van der Waals surface area contributed by atoms with Crippen molar-refractivity contribution < 1.29 is 28.8 Å². The first-order valence-corrected chi connectivity index (χ1v) is 9.63. The number of carbonyl (C=O) groups is 3. The number of carbonyl (C=O) groups excluding carboxylic acids is 3. The third-order valence-corrected chi connectivity index (χ3v) is 6.18. The quantitative estimate of drug-likeness (QED) is 0.704. The largest absolute Gasteiger partial charge is 0.383 e. The van der Waals surface area contributed by atoms with Crippen molar-refractivity contribution in [2.45, 2.75) is 31.8 Å². The highest BCUT2D eigenvalue weighted by atomic mass is 19.1. The van der Waals surface area contributed by atoms with Crippen molar-refractivity contribution >= 4 is 23.4 Å². The number of quaternary nitrogens is 1. The van der Waals surface area contributed by atoms with Gasteiger partial charge in [0.25, 0.3) is 5.91 Å². The molecule has 3 aliphatic rings. The molecule has 0 unspecified atom stereocenters. The minimum absolute atomic E-state index is 0.156. The molecule has 1 aromatic rings. The molecule has 7 nitrogen and oxygen atoms in total. The lowest BCUT2D eigenvalue weighted by molar-refractivity contribution is -0.734. The van der Waals surface area contributed by atoms with Gasteiger partial charge in [-0.2, -0.15) is 0 Å². The molecule has 3 heterocycles. The minimum atomic E-state index is -1.31. The van der Waals surface area contributed by atoms with Crippen LogP contribution in [0.5, 0.6) is 0 Å². The number of hydrogen-bond acceptors (Lipinski definition) is 4. The maximum absolute atomic E-state index is 14.1. The fourth-order valence-electron chi connectivity index (χ4n) is 5.16. The molecule has 0 radical (unpaired) electrons. The minimum Gasteiger partial charge on any atom is -0.383 e. The Morgan fingerprint density at radius 1 is 1.29 bits per heavy atom. The van der Waals surface area contributed by atoms with Crippen LogP contribution in [0.1, 0.15) is 25.8 Å². The molecule has 150 valence electrons. The summed E-state index contributed by atoms with van der Waals surface area (Å²) < 4.78 is 19.1. The molecule has 0 aromatic heterocycles. The van der Waals surface area contributed by atoms with E-state index in [1.54, 1.807) is 0 Å². The molecular weight excluding hydrogens is 365 g/mol. The van der Waals surface area contributed by atoms with Crippen molar-refractivity contribution in [3.05, 3.63) is 29.6 Å². The average molecular weight is 390 g/mol. The van der Waals surface area contributed by atoms with Gasteiger partial charge in [0.15, 0.2) is 0 Å². The maximum atomic E-state index is 14.1. The van der Waals surface area contributed by atoms with E-state index in [0.717, 1.165) is 0 Å². The molecule has 8 heteroatoms. The summed E-state index contributed by atoms with van der Waals surface area (Å²) >= 11 is 0. The Morgan fingerprint density at radius 3 is 2.71 bits per heavy atom. The van der Waals surface area contributed by atoms with Gasteiger partial charge in [-0.3, -0.25) is 19.3 Å². The second-order valence-corrected chi connectivity index (χ2v) is 8.30. The molecule has 0 saturated carbocycles. The zero-order chi connectivity index (χ0) is 20.2. The molecule has 1 spiro atoms. The Hall–Kier alpha value is -2.32. The number of ether oxygens (including phenoxy) is 1. The smallest absolute Gasteiger partial charge is 0.291 e. The predicted octanol–water partition coefficient (Wildman–Crippen LogP) is 0.212. The van der Waals surface area contributed by atoms with Gasteiger partial charge in [0.2, 0.25) is 17.4 Å². The summed E-state index contributed by atoms with van der Waals surface area (Å²) in [6.45, 7) is 4.48. The Morgan fingerprint density at radius 2 is 2.04 bits per heavy atom. The summed E-state index contributed by atoms with van der Waals surface area (Å²) in [5, 5.41) is 4.63. The highest BCUT2D eigenvalue weighted by molar-refractivity contribution is 6.13. The van der Waals surface area contributed by atoms with Gasteiger partial charge in [0, 0.05) is 19.1 Å². The average Bonchev–Trinajstić information content (AvgIpc) is 3.19. The normalized spacial score (nSPS) is 31.1. The molecule has 3 aliphatic heterocycles. The number of anilines is 1. The SMILES string of the molecule is COCCN1C(=O)[C@@H]2[C@H](CC(C)C)[NH2+][C@]3(C(=O)Nc4ccc(F)cc43)[C@@H]2C1=O. The maximum Gasteiger partial charge on any atom is 0.291 e. The first kappa shape index (κ1) is 19.0. The number of hydrogen-bond donors (Lipinski definition) is 2. The topological polar surface area (TPSA) is 92.3 Å². The van der Waals surface area contributed by atoms with Gasteiger partial charge in [-0.25, -0.2) is 4.39 Å². The lowest BCUT2D eigenvalue weighted by Crippen LogP contribution is -2.99. The van der Waals surface area contributed by atoms with E-state index in [0.29, 0.717) is 17.7 Å². The van der Waals surface area contributed by atoms with Crippen LogP contribution in [-0.2, 0) is 24.7 Å². The van der Waals surface area contributed by atoms with Gasteiger partial charge in [-0.05, 0) is 24.1 Å². The predicted molar refractivity (Wildman–Crippen MR) is 97.5 cm³/mol. The fourth-order valence-corrected chi connectivity index (χ4v) is 5.16. The highest BCUT2D eigenvalue weighted by Crippen LogP contribution is 2.49. The number of fused-ring (bicyclic) bond motifs is 4. The number of benzene rings is 1. The van der Waals surface area contributed by atoms with E-state index in [-0.39, 0.29) is 42.8 Å². The molecule has 28 heavy (non-hydrogen) atoms. The van der Waals surface area contributed by atoms with Crippen LogP contribution in [0.2, 0.25) is 0 Å². The third-order valence-electron chi connectivity index (χ3n) is 6.18. The van der Waals surface area contributed by atoms with Crippen molar-refractivity contribution in [1.29, 1.82) is 0 Å². The first-order chi connectivity index (χ1) is 13.3. The Kier molecular flexibility index (Phi) is 4.50. The van der Waals surface area contributed by atoms with Crippen molar-refractivity contribution in [3.8, 4) is 0 Å². The second kappa shape index (κ2) is 6.63. The van der Waals surface area contributed by atoms with E-state index in [9.17, 15) is 18.8 Å². The molecule has 1 aromatic carbocycles. The number of methoxy groups -OCH3 is 1. The lowest BCUT2D eigenvalue weighted by atomic mass is 9.76. The number of nitrogens with two attached hydrogens (primary N) is 1. The number of imide groups is 1. The summed E-state index contributed by atoms with van der Waals surface area (Å²) in [5.41, 5.74) is -0.355. The third kappa shape index (κ3) is 2.51. The number of nitrogens with zero attached hydrogens (tertiary/aromatic N) is 1. The summed E-state index contributed by atoms with van der Waals surface area (Å²) in [7, 11) is 1.51. The Balaban J connectivity index is 1.84. The van der Waals surface area contributed by atoms with Crippen molar-refractivity contribution in [3.63, 3.8) is 0 Å². The van der Waals surface area contributed by atoms with E-state index in [2.05, 4.69) is 5.32 Å². The summed E-state index contributed by atoms with van der Waals surface area (Å²) in [4.78, 5) is 40.8. The molecular formula is C20H25FN3O4+. The molecule has 2 saturated heterocycles. The number of likely N-dealkylation sites (tertiary alicyclic amines) is 1. The van der Waals surface area contributed by atoms with Gasteiger partial charge in [0.05, 0.1) is 18.8 Å². The van der Waals surface area contributed by atoms with Gasteiger partial charge >= 0.3 is 0 Å². The van der Waals surface area contributed by atoms with Crippen LogP contribution in [-0.4, -0.2) is 48.9 Å². The van der Waals surface area contributed by atoms with Crippen molar-refractivity contribution in [2.24, 2.45) is 17.8 Å². The molecule has 2 fully saturated rings. The Bertz CT molecular complexity index is 858. The zero-order valence-corrected chi connectivity index (χ0v) is 16.2. The van der Waals surface area contributed by atoms with Crippen LogP contribution in [0.4, 0.5) is 10.1 Å². The zero-order valence-electron chi connectivity index (χ0n) is 16.2. The molecule has 4 rings (SSSR count). The van der Waals surface area contributed by atoms with E-state index in [1.807, 2.05) is 19.2 Å². The number of halogens is 1. The molecule has 3 N–H and O–H groups in total. The molecule has 3 amide bonds. The first-order valence-electron chi connectivity index (χ1n) is 9.63. The Labute approximate surface area is 162 Å². The number of rotatable bonds is 5. The van der Waals surface area contributed by atoms with Gasteiger partial charge < -0.3 is 15.4 Å². The second-order valence-electron chi connectivity index (χ2n) is 8.30. The van der Waals surface area contributed by atoms with Gasteiger partial charge in [-0.1, -0.05) is 13.8 Å². The van der Waals surface area contributed by atoms with Crippen molar-refractivity contribution in [1.82, 2.24) is 4.90 Å². The lowest BCUT2D eigenvalue weighted by Gasteiger charge is -2.26. The summed E-state index contributed by atoms with van der Waals surface area (Å²) in [6, 6.07) is 3.88. The van der Waals surface area contributed by atoms with Crippen LogP contribution in [0.15, 0.2) is 18.2 Å². The van der Waals surface area contributed by atoms with E-state index in [4.69, 9.17) is 4.74 Å². The van der Waals surface area contributed by atoms with Crippen molar-refractivity contribution in [2.75, 3.05) is 25.6 Å². The number of amides is 3. The van der Waals surface area contributed by atoms with Crippen LogP contribution in [0.25, 0.3) is 0 Å². The standard InChI is InChI=1S/C20H24FN3O4/c1-10(2)8-14-15-16(18(26)24(17(15)25)6-7-28-3)20(23-14)12-9-11(21)4-5-13(12)22-19(20)27/h4-5,9-10,14-16,23H,6-8H2,1-3H3,(H,22,27)/p+1/t14-,15+,16-,20-/m0/s1. The van der Waals surface area contributed by atoms with Crippen LogP contribution >= 0.6 is 0 Å². The highest BCUT2D eigenvalue weighted by Gasteiger charge is 2.74.